The molecular formula is C25H18N2O4. The maximum absolute atomic E-state index is 12.5. The molecule has 4 rings (SSSR count). The normalized spacial score (nSPS) is 12.5. The van der Waals surface area contributed by atoms with Gasteiger partial charge >= 0.3 is 5.97 Å². The summed E-state index contributed by atoms with van der Waals surface area (Å²) in [5.74, 6) is -0.929. The van der Waals surface area contributed by atoms with E-state index in [1.54, 1.807) is 42.5 Å². The second-order valence-electron chi connectivity index (χ2n) is 7.25. The number of amides is 2. The average Bonchev–Trinajstić information content (AvgIpc) is 3.02. The molecule has 0 saturated carbocycles. The van der Waals surface area contributed by atoms with E-state index < -0.39 is 5.97 Å². The molecule has 0 aromatic heterocycles. The minimum absolute atomic E-state index is 0.0342. The Bertz CT molecular complexity index is 1220. The van der Waals surface area contributed by atoms with Crippen LogP contribution in [0, 0.1) is 18.3 Å². The van der Waals surface area contributed by atoms with Gasteiger partial charge in [-0.2, -0.15) is 5.26 Å². The van der Waals surface area contributed by atoms with Gasteiger partial charge in [0.05, 0.1) is 29.2 Å². The van der Waals surface area contributed by atoms with Crippen molar-refractivity contribution < 1.29 is 19.1 Å². The molecular weight excluding hydrogens is 392 g/mol. The Morgan fingerprint density at radius 2 is 1.52 bits per heavy atom. The lowest BCUT2D eigenvalue weighted by molar-refractivity contribution is -0.134. The second kappa shape index (κ2) is 8.25. The van der Waals surface area contributed by atoms with Gasteiger partial charge in [0.1, 0.15) is 5.75 Å². The summed E-state index contributed by atoms with van der Waals surface area (Å²) in [6.07, 6.45) is -0.0954. The summed E-state index contributed by atoms with van der Waals surface area (Å²) in [4.78, 5) is 38.2. The van der Waals surface area contributed by atoms with Crippen LogP contribution in [0.3, 0.4) is 0 Å². The SMILES string of the molecule is Cc1ccc2c(c1)C(=O)N(CCC(=O)Oc1ccc(-c3ccc(C#N)cc3)cc1)C2=O. The van der Waals surface area contributed by atoms with E-state index >= 15 is 0 Å². The third-order valence-corrected chi connectivity index (χ3v) is 5.10. The topological polar surface area (TPSA) is 87.5 Å². The van der Waals surface area contributed by atoms with Crippen LogP contribution in [0.2, 0.25) is 0 Å². The van der Waals surface area contributed by atoms with Crippen LogP contribution in [0.25, 0.3) is 11.1 Å². The highest BCUT2D eigenvalue weighted by atomic mass is 16.5. The average molecular weight is 410 g/mol. The van der Waals surface area contributed by atoms with Crippen molar-refractivity contribution in [3.63, 3.8) is 0 Å². The summed E-state index contributed by atoms with van der Waals surface area (Å²) < 4.78 is 5.34. The van der Waals surface area contributed by atoms with Crippen LogP contribution in [0.4, 0.5) is 0 Å². The van der Waals surface area contributed by atoms with Gasteiger partial charge in [0.2, 0.25) is 0 Å². The van der Waals surface area contributed by atoms with E-state index in [0.29, 0.717) is 22.4 Å². The summed E-state index contributed by atoms with van der Waals surface area (Å²) in [7, 11) is 0. The number of hydrogen-bond acceptors (Lipinski definition) is 5. The largest absolute Gasteiger partial charge is 0.426 e. The van der Waals surface area contributed by atoms with Gasteiger partial charge in [-0.3, -0.25) is 19.3 Å². The molecule has 0 bridgehead atoms. The van der Waals surface area contributed by atoms with E-state index in [4.69, 9.17) is 10.00 Å². The van der Waals surface area contributed by atoms with Gasteiger partial charge in [-0.25, -0.2) is 0 Å². The van der Waals surface area contributed by atoms with E-state index in [9.17, 15) is 14.4 Å². The van der Waals surface area contributed by atoms with Crippen molar-refractivity contribution in [2.45, 2.75) is 13.3 Å². The Morgan fingerprint density at radius 1 is 0.903 bits per heavy atom. The fraction of sp³-hybridized carbons (Fsp3) is 0.120. The molecule has 1 aliphatic heterocycles. The number of benzene rings is 3. The number of fused-ring (bicyclic) bond motifs is 1. The summed E-state index contributed by atoms with van der Waals surface area (Å²) >= 11 is 0. The lowest BCUT2D eigenvalue weighted by atomic mass is 10.0. The Hall–Kier alpha value is -4.24. The molecule has 152 valence electrons. The monoisotopic (exact) mass is 410 g/mol. The Labute approximate surface area is 179 Å². The van der Waals surface area contributed by atoms with Gasteiger partial charge in [0.25, 0.3) is 11.8 Å². The molecule has 0 spiro atoms. The zero-order valence-corrected chi connectivity index (χ0v) is 16.8. The molecule has 0 aliphatic carbocycles. The molecule has 3 aromatic carbocycles. The fourth-order valence-corrected chi connectivity index (χ4v) is 3.45. The molecule has 0 unspecified atom stereocenters. The summed E-state index contributed by atoms with van der Waals surface area (Å²) in [6, 6.07) is 21.3. The van der Waals surface area contributed by atoms with Crippen LogP contribution in [0.1, 0.15) is 38.3 Å². The molecule has 6 nitrogen and oxygen atoms in total. The summed E-state index contributed by atoms with van der Waals surface area (Å²) in [5, 5.41) is 8.88. The molecule has 31 heavy (non-hydrogen) atoms. The van der Waals surface area contributed by atoms with Crippen molar-refractivity contribution in [1.82, 2.24) is 4.90 Å². The smallest absolute Gasteiger partial charge is 0.312 e. The summed E-state index contributed by atoms with van der Waals surface area (Å²) in [6.45, 7) is 1.82. The number of ether oxygens (including phenoxy) is 1. The standard InChI is InChI=1S/C25H18N2O4/c1-16-2-11-21-22(14-16)25(30)27(24(21)29)13-12-23(28)31-20-9-7-19(8-10-20)18-5-3-17(15-26)4-6-18/h2-11,14H,12-13H2,1H3. The molecule has 0 fully saturated rings. The predicted octanol–water partition coefficient (Wildman–Crippen LogP) is 4.13. The maximum Gasteiger partial charge on any atom is 0.312 e. The zero-order chi connectivity index (χ0) is 22.0. The highest BCUT2D eigenvalue weighted by Crippen LogP contribution is 2.25. The highest BCUT2D eigenvalue weighted by Gasteiger charge is 2.35. The van der Waals surface area contributed by atoms with E-state index in [-0.39, 0.29) is 24.8 Å². The molecule has 2 amide bonds. The minimum atomic E-state index is -0.529. The molecule has 0 atom stereocenters. The van der Waals surface area contributed by atoms with Crippen molar-refractivity contribution in [3.05, 3.63) is 89.0 Å². The first-order valence-corrected chi connectivity index (χ1v) is 9.74. The first-order valence-electron chi connectivity index (χ1n) is 9.74. The molecule has 6 heteroatoms. The lowest BCUT2D eigenvalue weighted by Crippen LogP contribution is -2.32. The van der Waals surface area contributed by atoms with E-state index in [0.717, 1.165) is 21.6 Å². The van der Waals surface area contributed by atoms with E-state index in [1.807, 2.05) is 31.2 Å². The summed E-state index contributed by atoms with van der Waals surface area (Å²) in [5.41, 5.74) is 4.08. The quantitative estimate of drug-likeness (QED) is 0.359. The van der Waals surface area contributed by atoms with Gasteiger partial charge in [-0.15, -0.1) is 0 Å². The molecule has 1 heterocycles. The van der Waals surface area contributed by atoms with Gasteiger partial charge in [-0.1, -0.05) is 35.9 Å². The number of hydrogen-bond donors (Lipinski definition) is 0. The van der Waals surface area contributed by atoms with Crippen molar-refractivity contribution >= 4 is 17.8 Å². The van der Waals surface area contributed by atoms with Crippen LogP contribution < -0.4 is 4.74 Å². The zero-order valence-electron chi connectivity index (χ0n) is 16.8. The molecule has 0 N–H and O–H groups in total. The lowest BCUT2D eigenvalue weighted by Gasteiger charge is -2.13. The molecule has 0 saturated heterocycles. The highest BCUT2D eigenvalue weighted by molar-refractivity contribution is 6.21. The van der Waals surface area contributed by atoms with Crippen molar-refractivity contribution in [1.29, 1.82) is 5.26 Å². The van der Waals surface area contributed by atoms with Crippen molar-refractivity contribution in [3.8, 4) is 22.9 Å². The Kier molecular flexibility index (Phi) is 5.33. The number of carbonyl (C=O) groups is 3. The third-order valence-electron chi connectivity index (χ3n) is 5.10. The Morgan fingerprint density at radius 3 is 2.16 bits per heavy atom. The fourth-order valence-electron chi connectivity index (χ4n) is 3.45. The number of carbonyl (C=O) groups excluding carboxylic acids is 3. The number of rotatable bonds is 5. The maximum atomic E-state index is 12.5. The number of imide groups is 1. The minimum Gasteiger partial charge on any atom is -0.426 e. The first-order chi connectivity index (χ1) is 15.0. The third kappa shape index (κ3) is 4.07. The number of aryl methyl sites for hydroxylation is 1. The first kappa shape index (κ1) is 20.0. The number of nitrogens with zero attached hydrogens (tertiary/aromatic N) is 2. The van der Waals surface area contributed by atoms with Crippen LogP contribution in [-0.4, -0.2) is 29.2 Å². The Balaban J connectivity index is 1.35. The van der Waals surface area contributed by atoms with Crippen LogP contribution in [0.15, 0.2) is 66.7 Å². The van der Waals surface area contributed by atoms with Gasteiger partial charge < -0.3 is 4.74 Å². The van der Waals surface area contributed by atoms with Crippen molar-refractivity contribution in [2.24, 2.45) is 0 Å². The van der Waals surface area contributed by atoms with E-state index in [2.05, 4.69) is 6.07 Å². The van der Waals surface area contributed by atoms with Gasteiger partial charge in [0.15, 0.2) is 0 Å². The van der Waals surface area contributed by atoms with E-state index in [1.165, 1.54) is 0 Å². The number of nitriles is 1. The predicted molar refractivity (Wildman–Crippen MR) is 113 cm³/mol. The van der Waals surface area contributed by atoms with Crippen molar-refractivity contribution in [2.75, 3.05) is 6.54 Å². The number of esters is 1. The van der Waals surface area contributed by atoms with Gasteiger partial charge in [-0.05, 0) is 54.4 Å². The second-order valence-corrected chi connectivity index (χ2v) is 7.25. The van der Waals surface area contributed by atoms with Gasteiger partial charge in [0, 0.05) is 6.54 Å². The molecule has 0 radical (unpaired) electrons. The van der Waals surface area contributed by atoms with Crippen LogP contribution in [0.5, 0.6) is 5.75 Å². The molecule has 3 aromatic rings. The van der Waals surface area contributed by atoms with Crippen LogP contribution in [-0.2, 0) is 4.79 Å². The van der Waals surface area contributed by atoms with Crippen LogP contribution >= 0.6 is 0 Å². The molecule has 1 aliphatic rings.